The number of nitriles is 1. The molecule has 25 heavy (non-hydrogen) atoms. The summed E-state index contributed by atoms with van der Waals surface area (Å²) in [6.45, 7) is 1.89. The SMILES string of the molecule is CN1CCN(C(=O)c2ccc(NC(=O)CC#N)cc2C(F)(F)F)CC1. The highest BCUT2D eigenvalue weighted by molar-refractivity contribution is 5.97. The molecule has 0 bridgehead atoms. The number of benzene rings is 1. The number of alkyl halides is 3. The first-order valence-electron chi connectivity index (χ1n) is 7.58. The van der Waals surface area contributed by atoms with E-state index in [1.807, 2.05) is 11.9 Å². The van der Waals surface area contributed by atoms with Gasteiger partial charge in [-0.3, -0.25) is 9.59 Å². The second-order valence-corrected chi connectivity index (χ2v) is 5.74. The Morgan fingerprint density at radius 1 is 1.24 bits per heavy atom. The van der Waals surface area contributed by atoms with Crippen LogP contribution in [0.2, 0.25) is 0 Å². The van der Waals surface area contributed by atoms with Gasteiger partial charge >= 0.3 is 6.18 Å². The Morgan fingerprint density at radius 2 is 1.88 bits per heavy atom. The van der Waals surface area contributed by atoms with Crippen molar-refractivity contribution in [2.75, 3.05) is 38.5 Å². The molecule has 0 atom stereocenters. The van der Waals surface area contributed by atoms with Crippen LogP contribution >= 0.6 is 0 Å². The monoisotopic (exact) mass is 354 g/mol. The largest absolute Gasteiger partial charge is 0.417 e. The quantitative estimate of drug-likeness (QED) is 0.900. The third-order valence-electron chi connectivity index (χ3n) is 3.87. The van der Waals surface area contributed by atoms with E-state index in [0.717, 1.165) is 12.1 Å². The van der Waals surface area contributed by atoms with Gasteiger partial charge in [0, 0.05) is 31.9 Å². The Kier molecular flexibility index (Phi) is 5.64. The van der Waals surface area contributed by atoms with Crippen molar-refractivity contribution in [2.45, 2.75) is 12.6 Å². The van der Waals surface area contributed by atoms with Crippen LogP contribution in [-0.4, -0.2) is 54.8 Å². The summed E-state index contributed by atoms with van der Waals surface area (Å²) < 4.78 is 40.1. The molecule has 1 saturated heterocycles. The number of nitrogens with one attached hydrogen (secondary N) is 1. The summed E-state index contributed by atoms with van der Waals surface area (Å²) in [5, 5.41) is 10.6. The van der Waals surface area contributed by atoms with Crippen molar-refractivity contribution in [1.29, 1.82) is 5.26 Å². The second kappa shape index (κ2) is 7.53. The maximum Gasteiger partial charge on any atom is 0.417 e. The number of nitrogens with zero attached hydrogens (tertiary/aromatic N) is 3. The van der Waals surface area contributed by atoms with E-state index in [1.54, 1.807) is 6.07 Å². The van der Waals surface area contributed by atoms with E-state index in [9.17, 15) is 22.8 Å². The molecule has 0 spiro atoms. The van der Waals surface area contributed by atoms with E-state index < -0.39 is 35.5 Å². The van der Waals surface area contributed by atoms with Gasteiger partial charge in [-0.1, -0.05) is 0 Å². The molecule has 0 aliphatic carbocycles. The summed E-state index contributed by atoms with van der Waals surface area (Å²) in [4.78, 5) is 27.2. The van der Waals surface area contributed by atoms with Gasteiger partial charge in [0.15, 0.2) is 0 Å². The molecule has 1 aliphatic heterocycles. The molecule has 1 aromatic carbocycles. The highest BCUT2D eigenvalue weighted by Gasteiger charge is 2.37. The van der Waals surface area contributed by atoms with Gasteiger partial charge in [0.2, 0.25) is 5.91 Å². The van der Waals surface area contributed by atoms with Crippen LogP contribution < -0.4 is 5.32 Å². The van der Waals surface area contributed by atoms with Crippen LogP contribution in [0.5, 0.6) is 0 Å². The van der Waals surface area contributed by atoms with Crippen molar-refractivity contribution >= 4 is 17.5 Å². The lowest BCUT2D eigenvalue weighted by Crippen LogP contribution is -2.47. The van der Waals surface area contributed by atoms with Crippen LogP contribution in [0, 0.1) is 11.3 Å². The van der Waals surface area contributed by atoms with Crippen LogP contribution in [-0.2, 0) is 11.0 Å². The molecule has 0 saturated carbocycles. The van der Waals surface area contributed by atoms with Gasteiger partial charge in [0.25, 0.3) is 5.91 Å². The van der Waals surface area contributed by atoms with Crippen LogP contribution in [0.3, 0.4) is 0 Å². The van der Waals surface area contributed by atoms with Crippen molar-refractivity contribution in [3.05, 3.63) is 29.3 Å². The minimum Gasteiger partial charge on any atom is -0.336 e. The standard InChI is InChI=1S/C16H17F3N4O2/c1-22-6-8-23(9-7-22)15(25)12-3-2-11(21-14(24)4-5-20)10-13(12)16(17,18)19/h2-3,10H,4,6-9H2,1H3,(H,21,24). The van der Waals surface area contributed by atoms with Crippen LogP contribution in [0.25, 0.3) is 0 Å². The molecule has 1 aliphatic rings. The average Bonchev–Trinajstić information content (AvgIpc) is 2.54. The summed E-state index contributed by atoms with van der Waals surface area (Å²) in [5.41, 5.74) is -1.66. The van der Waals surface area contributed by atoms with Gasteiger partial charge in [-0.25, -0.2) is 0 Å². The molecule has 1 heterocycles. The Labute approximate surface area is 142 Å². The number of amides is 2. The molecule has 2 amide bonds. The van der Waals surface area contributed by atoms with Gasteiger partial charge in [0.05, 0.1) is 17.2 Å². The molecule has 9 heteroatoms. The number of carbonyl (C=O) groups is 2. The van der Waals surface area contributed by atoms with E-state index in [4.69, 9.17) is 5.26 Å². The van der Waals surface area contributed by atoms with Gasteiger partial charge in [0.1, 0.15) is 6.42 Å². The Bertz CT molecular complexity index is 704. The molecule has 1 N–H and O–H groups in total. The van der Waals surface area contributed by atoms with Crippen LogP contribution in [0.15, 0.2) is 18.2 Å². The number of anilines is 1. The fraction of sp³-hybridized carbons (Fsp3) is 0.438. The van der Waals surface area contributed by atoms with E-state index >= 15 is 0 Å². The summed E-state index contributed by atoms with van der Waals surface area (Å²) in [5.74, 6) is -1.40. The minimum absolute atomic E-state index is 0.109. The zero-order valence-corrected chi connectivity index (χ0v) is 13.6. The van der Waals surface area contributed by atoms with Crippen molar-refractivity contribution in [2.24, 2.45) is 0 Å². The highest BCUT2D eigenvalue weighted by atomic mass is 19.4. The Hall–Kier alpha value is -2.60. The molecule has 1 aromatic rings. The van der Waals surface area contributed by atoms with E-state index in [1.165, 1.54) is 11.0 Å². The molecular weight excluding hydrogens is 337 g/mol. The number of rotatable bonds is 3. The number of hydrogen-bond donors (Lipinski definition) is 1. The number of hydrogen-bond acceptors (Lipinski definition) is 4. The zero-order valence-electron chi connectivity index (χ0n) is 13.6. The molecule has 2 rings (SSSR count). The van der Waals surface area contributed by atoms with Crippen LogP contribution in [0.1, 0.15) is 22.3 Å². The molecule has 0 radical (unpaired) electrons. The lowest BCUT2D eigenvalue weighted by atomic mass is 10.0. The summed E-state index contributed by atoms with van der Waals surface area (Å²) in [7, 11) is 1.88. The van der Waals surface area contributed by atoms with Crippen molar-refractivity contribution in [1.82, 2.24) is 9.80 Å². The number of piperazine rings is 1. The number of halogens is 3. The fourth-order valence-corrected chi connectivity index (χ4v) is 2.50. The normalized spacial score (nSPS) is 15.6. The lowest BCUT2D eigenvalue weighted by molar-refractivity contribution is -0.138. The predicted octanol–water partition coefficient (Wildman–Crippen LogP) is 1.95. The van der Waals surface area contributed by atoms with Crippen molar-refractivity contribution in [3.63, 3.8) is 0 Å². The molecular formula is C16H17F3N4O2. The third kappa shape index (κ3) is 4.70. The molecule has 0 unspecified atom stereocenters. The number of carbonyl (C=O) groups excluding carboxylic acids is 2. The first kappa shape index (κ1) is 18.7. The molecule has 134 valence electrons. The van der Waals surface area contributed by atoms with Crippen molar-refractivity contribution < 1.29 is 22.8 Å². The van der Waals surface area contributed by atoms with E-state index in [0.29, 0.717) is 26.2 Å². The number of likely N-dealkylation sites (N-methyl/N-ethyl adjacent to an activating group) is 1. The summed E-state index contributed by atoms with van der Waals surface area (Å²) >= 11 is 0. The molecule has 1 fully saturated rings. The molecule has 6 nitrogen and oxygen atoms in total. The van der Waals surface area contributed by atoms with E-state index in [-0.39, 0.29) is 5.69 Å². The average molecular weight is 354 g/mol. The van der Waals surface area contributed by atoms with E-state index in [2.05, 4.69) is 5.32 Å². The topological polar surface area (TPSA) is 76.4 Å². The third-order valence-corrected chi connectivity index (χ3v) is 3.87. The maximum atomic E-state index is 13.4. The Morgan fingerprint density at radius 3 is 2.44 bits per heavy atom. The van der Waals surface area contributed by atoms with Crippen molar-refractivity contribution in [3.8, 4) is 6.07 Å². The van der Waals surface area contributed by atoms with Gasteiger partial charge in [-0.05, 0) is 25.2 Å². The smallest absolute Gasteiger partial charge is 0.336 e. The summed E-state index contributed by atoms with van der Waals surface area (Å²) in [6.07, 6.45) is -5.21. The van der Waals surface area contributed by atoms with Gasteiger partial charge in [-0.15, -0.1) is 0 Å². The Balaban J connectivity index is 2.29. The van der Waals surface area contributed by atoms with Gasteiger partial charge in [-0.2, -0.15) is 18.4 Å². The summed E-state index contributed by atoms with van der Waals surface area (Å²) in [6, 6.07) is 4.62. The zero-order chi connectivity index (χ0) is 18.6. The van der Waals surface area contributed by atoms with Crippen LogP contribution in [0.4, 0.5) is 18.9 Å². The second-order valence-electron chi connectivity index (χ2n) is 5.74. The first-order chi connectivity index (χ1) is 11.7. The van der Waals surface area contributed by atoms with Gasteiger partial charge < -0.3 is 15.1 Å². The fourth-order valence-electron chi connectivity index (χ4n) is 2.50. The maximum absolute atomic E-state index is 13.4. The first-order valence-corrected chi connectivity index (χ1v) is 7.58. The highest BCUT2D eigenvalue weighted by Crippen LogP contribution is 2.34. The minimum atomic E-state index is -4.74. The lowest BCUT2D eigenvalue weighted by Gasteiger charge is -2.33. The molecule has 0 aromatic heterocycles. The predicted molar refractivity (Wildman–Crippen MR) is 83.7 cm³/mol.